The molecule has 0 saturated carbocycles. The molecule has 14 heteroatoms. The summed E-state index contributed by atoms with van der Waals surface area (Å²) in [5.74, 6) is 1.54. The van der Waals surface area contributed by atoms with Crippen LogP contribution in [-0.2, 0) is 12.4 Å². The lowest BCUT2D eigenvalue weighted by Crippen LogP contribution is -2.20. The number of nitrogens with one attached hydrogen (secondary N) is 4. The van der Waals surface area contributed by atoms with E-state index in [1.807, 2.05) is 24.4 Å². The molecule has 2 amide bonds. The minimum Gasteiger partial charge on any atom is -0.340 e. The first-order valence-electron chi connectivity index (χ1n) is 11.1. The number of nitrogens with zero attached hydrogens (tertiary/aromatic N) is 3. The molecule has 0 unspecified atom stereocenters. The number of amides is 2. The minimum atomic E-state index is -5.03. The van der Waals surface area contributed by atoms with Crippen molar-refractivity contribution >= 4 is 40.5 Å². The quantitative estimate of drug-likeness (QED) is 0.188. The molecule has 0 aliphatic heterocycles. The van der Waals surface area contributed by atoms with Crippen LogP contribution in [0, 0.1) is 6.92 Å². The van der Waals surface area contributed by atoms with E-state index >= 15 is 0 Å². The van der Waals surface area contributed by atoms with Gasteiger partial charge in [-0.1, -0.05) is 0 Å². The van der Waals surface area contributed by atoms with Gasteiger partial charge >= 0.3 is 18.4 Å². The molecule has 0 fully saturated rings. The Morgan fingerprint density at radius 3 is 1.77 bits per heavy atom. The van der Waals surface area contributed by atoms with Gasteiger partial charge in [0.05, 0.1) is 11.1 Å². The number of carbonyl (C=O) groups excluding carboxylic acids is 1. The van der Waals surface area contributed by atoms with E-state index in [4.69, 9.17) is 0 Å². The van der Waals surface area contributed by atoms with Crippen molar-refractivity contribution in [3.05, 3.63) is 89.9 Å². The maximum absolute atomic E-state index is 13.0. The predicted octanol–water partition coefficient (Wildman–Crippen LogP) is 7.35. The fourth-order valence-corrected chi connectivity index (χ4v) is 3.34. The zero-order valence-corrected chi connectivity index (χ0v) is 19.9. The smallest absolute Gasteiger partial charge is 0.340 e. The number of anilines is 6. The summed E-state index contributed by atoms with van der Waals surface area (Å²) in [6, 6.07) is 11.3. The lowest BCUT2D eigenvalue weighted by Gasteiger charge is -2.15. The number of pyridine rings is 1. The summed E-state index contributed by atoms with van der Waals surface area (Å²) in [4.78, 5) is 24.7. The van der Waals surface area contributed by atoms with Crippen molar-refractivity contribution in [1.29, 1.82) is 0 Å². The van der Waals surface area contributed by atoms with Gasteiger partial charge in [-0.05, 0) is 67.1 Å². The highest BCUT2D eigenvalue weighted by atomic mass is 19.4. The van der Waals surface area contributed by atoms with E-state index in [1.54, 1.807) is 24.4 Å². The predicted molar refractivity (Wildman–Crippen MR) is 133 cm³/mol. The first-order valence-corrected chi connectivity index (χ1v) is 11.1. The van der Waals surface area contributed by atoms with Crippen molar-refractivity contribution in [3.8, 4) is 0 Å². The second-order valence-corrected chi connectivity index (χ2v) is 8.21. The highest BCUT2D eigenvalue weighted by Crippen LogP contribution is 2.37. The molecule has 0 saturated heterocycles. The van der Waals surface area contributed by atoms with Crippen LogP contribution in [0.15, 0.2) is 73.2 Å². The topological polar surface area (TPSA) is 104 Å². The van der Waals surface area contributed by atoms with Crippen LogP contribution in [-0.4, -0.2) is 21.0 Å². The number of carbonyl (C=O) groups is 1. The Kier molecular flexibility index (Phi) is 7.56. The van der Waals surface area contributed by atoms with Gasteiger partial charge in [0.2, 0.25) is 0 Å². The van der Waals surface area contributed by atoms with Crippen LogP contribution in [0.3, 0.4) is 0 Å². The Bertz CT molecular complexity index is 1440. The number of urea groups is 1. The first-order chi connectivity index (χ1) is 18.3. The highest BCUT2D eigenvalue weighted by Gasteiger charge is 2.37. The lowest BCUT2D eigenvalue weighted by molar-refractivity contribution is -0.143. The molecule has 0 radical (unpaired) electrons. The lowest BCUT2D eigenvalue weighted by atomic mass is 10.1. The summed E-state index contributed by atoms with van der Waals surface area (Å²) in [5, 5.41) is 10.5. The van der Waals surface area contributed by atoms with Crippen molar-refractivity contribution in [1.82, 2.24) is 15.0 Å². The molecule has 0 aliphatic carbocycles. The van der Waals surface area contributed by atoms with Gasteiger partial charge in [0.25, 0.3) is 0 Å². The third-order valence-electron chi connectivity index (χ3n) is 5.10. The fourth-order valence-electron chi connectivity index (χ4n) is 3.34. The van der Waals surface area contributed by atoms with E-state index in [-0.39, 0.29) is 11.8 Å². The van der Waals surface area contributed by atoms with Gasteiger partial charge in [-0.3, -0.25) is 0 Å². The van der Waals surface area contributed by atoms with Crippen LogP contribution in [0.25, 0.3) is 0 Å². The molecule has 0 aliphatic rings. The molecule has 2 aromatic carbocycles. The van der Waals surface area contributed by atoms with E-state index in [9.17, 15) is 31.1 Å². The number of aryl methyl sites for hydroxylation is 1. The molecule has 4 N–H and O–H groups in total. The van der Waals surface area contributed by atoms with Crippen molar-refractivity contribution in [2.24, 2.45) is 0 Å². The van der Waals surface area contributed by atoms with E-state index in [0.29, 0.717) is 35.3 Å². The molecular weight excluding hydrogens is 528 g/mol. The zero-order chi connectivity index (χ0) is 28.2. The summed E-state index contributed by atoms with van der Waals surface area (Å²) in [7, 11) is 0. The van der Waals surface area contributed by atoms with Crippen molar-refractivity contribution in [3.63, 3.8) is 0 Å². The van der Waals surface area contributed by atoms with Crippen LogP contribution in [0.4, 0.5) is 65.7 Å². The molecule has 8 nitrogen and oxygen atoms in total. The molecule has 39 heavy (non-hydrogen) atoms. The number of rotatable bonds is 6. The summed E-state index contributed by atoms with van der Waals surface area (Å²) < 4.78 is 78.2. The Labute approximate surface area is 217 Å². The van der Waals surface area contributed by atoms with Crippen molar-refractivity contribution < 1.29 is 31.1 Å². The third-order valence-corrected chi connectivity index (χ3v) is 5.10. The normalized spacial score (nSPS) is 11.6. The monoisotopic (exact) mass is 547 g/mol. The second-order valence-electron chi connectivity index (χ2n) is 8.21. The Hall–Kier alpha value is -4.88. The van der Waals surface area contributed by atoms with Crippen LogP contribution in [0.2, 0.25) is 0 Å². The second kappa shape index (κ2) is 10.8. The van der Waals surface area contributed by atoms with Gasteiger partial charge in [-0.25, -0.2) is 19.7 Å². The maximum atomic E-state index is 13.0. The molecule has 202 valence electrons. The molecule has 0 bridgehead atoms. The fraction of sp³-hybridized carbons (Fsp3) is 0.120. The molecule has 0 atom stereocenters. The van der Waals surface area contributed by atoms with Crippen LogP contribution in [0.1, 0.15) is 16.7 Å². The standard InChI is InChI=1S/C25H19F6N7O/c1-14-6-7-32-20(8-14)38-22-12-21(33-13-34-22)35-17-2-4-18(5-3-17)36-23(39)37-19-10-15(24(26,27)28)9-16(11-19)25(29,30)31/h2-13H,1H3,(H2,36,37,39)(H2,32,33,34,35,38). The molecule has 2 aromatic heterocycles. The van der Waals surface area contributed by atoms with Gasteiger partial charge < -0.3 is 21.3 Å². The summed E-state index contributed by atoms with van der Waals surface area (Å²) in [6.45, 7) is 1.93. The number of benzene rings is 2. The van der Waals surface area contributed by atoms with Gasteiger partial charge in [0.1, 0.15) is 23.8 Å². The molecular formula is C25H19F6N7O. The van der Waals surface area contributed by atoms with Crippen LogP contribution >= 0.6 is 0 Å². The van der Waals surface area contributed by atoms with E-state index in [1.165, 1.54) is 18.5 Å². The van der Waals surface area contributed by atoms with Gasteiger partial charge in [0, 0.05) is 29.3 Å². The summed E-state index contributed by atoms with van der Waals surface area (Å²) in [5.41, 5.74) is -1.92. The highest BCUT2D eigenvalue weighted by molar-refractivity contribution is 6.00. The molecule has 4 aromatic rings. The van der Waals surface area contributed by atoms with E-state index in [2.05, 4.69) is 30.9 Å². The number of alkyl halides is 6. The molecule has 4 rings (SSSR count). The SMILES string of the molecule is Cc1ccnc(Nc2cc(Nc3ccc(NC(=O)Nc4cc(C(F)(F)F)cc(C(F)(F)F)c4)cc3)ncn2)c1. The first kappa shape index (κ1) is 27.2. The summed E-state index contributed by atoms with van der Waals surface area (Å²) >= 11 is 0. The van der Waals surface area contributed by atoms with Crippen LogP contribution in [0.5, 0.6) is 0 Å². The summed E-state index contributed by atoms with van der Waals surface area (Å²) in [6.07, 6.45) is -7.06. The third kappa shape index (κ3) is 7.56. The average Bonchev–Trinajstić information content (AvgIpc) is 2.84. The van der Waals surface area contributed by atoms with Gasteiger partial charge in [0.15, 0.2) is 0 Å². The number of hydrogen-bond donors (Lipinski definition) is 4. The zero-order valence-electron chi connectivity index (χ0n) is 19.9. The maximum Gasteiger partial charge on any atom is 0.416 e. The number of aromatic nitrogens is 3. The van der Waals surface area contributed by atoms with Gasteiger partial charge in [-0.2, -0.15) is 26.3 Å². The minimum absolute atomic E-state index is 0.0228. The molecule has 0 spiro atoms. The number of hydrogen-bond acceptors (Lipinski definition) is 6. The Morgan fingerprint density at radius 2 is 1.18 bits per heavy atom. The Balaban J connectivity index is 1.40. The van der Waals surface area contributed by atoms with Crippen molar-refractivity contribution in [2.45, 2.75) is 19.3 Å². The van der Waals surface area contributed by atoms with E-state index < -0.39 is 35.2 Å². The Morgan fingerprint density at radius 1 is 0.641 bits per heavy atom. The van der Waals surface area contributed by atoms with Crippen molar-refractivity contribution in [2.75, 3.05) is 21.3 Å². The largest absolute Gasteiger partial charge is 0.416 e. The molecule has 2 heterocycles. The average molecular weight is 547 g/mol. The van der Waals surface area contributed by atoms with Crippen LogP contribution < -0.4 is 21.3 Å². The van der Waals surface area contributed by atoms with Gasteiger partial charge in [-0.15, -0.1) is 0 Å². The van der Waals surface area contributed by atoms with E-state index in [0.717, 1.165) is 5.56 Å². The number of halogens is 6.